The number of hydrogen-bond acceptors (Lipinski definition) is 4. The van der Waals surface area contributed by atoms with E-state index in [9.17, 15) is 4.79 Å². The van der Waals surface area contributed by atoms with Gasteiger partial charge < -0.3 is 4.74 Å². The van der Waals surface area contributed by atoms with Crippen molar-refractivity contribution >= 4 is 12.0 Å². The molecule has 136 valence electrons. The van der Waals surface area contributed by atoms with Crippen molar-refractivity contribution in [2.45, 2.75) is 31.2 Å². The van der Waals surface area contributed by atoms with Crippen LogP contribution in [0, 0.1) is 0 Å². The molecule has 2 aromatic carbocycles. The van der Waals surface area contributed by atoms with Gasteiger partial charge in [-0.2, -0.15) is 5.10 Å². The van der Waals surface area contributed by atoms with Crippen LogP contribution in [0.2, 0.25) is 0 Å². The summed E-state index contributed by atoms with van der Waals surface area (Å²) in [6, 6.07) is 19.9. The summed E-state index contributed by atoms with van der Waals surface area (Å²) < 4.78 is 5.30. The molecule has 1 saturated heterocycles. The Morgan fingerprint density at radius 2 is 1.88 bits per heavy atom. The summed E-state index contributed by atoms with van der Waals surface area (Å²) in [4.78, 5) is 12.7. The van der Waals surface area contributed by atoms with E-state index >= 15 is 0 Å². The molecule has 0 unspecified atom stereocenters. The van der Waals surface area contributed by atoms with Crippen LogP contribution in [0.4, 0.5) is 0 Å². The van der Waals surface area contributed by atoms with Gasteiger partial charge in [0.05, 0.1) is 12.6 Å². The number of rotatable bonds is 8. The third-order valence-electron chi connectivity index (χ3n) is 4.83. The lowest BCUT2D eigenvalue weighted by atomic mass is 9.92. The van der Waals surface area contributed by atoms with Crippen LogP contribution >= 0.6 is 0 Å². The van der Waals surface area contributed by atoms with E-state index < -0.39 is 0 Å². The Morgan fingerprint density at radius 3 is 2.58 bits per heavy atom. The van der Waals surface area contributed by atoms with Crippen molar-refractivity contribution in [2.24, 2.45) is 5.10 Å². The Kier molecular flexibility index (Phi) is 6.56. The number of hydrazone groups is 1. The number of benzene rings is 2. The molecular formula is C22H26N2O2. The molecule has 1 aliphatic rings. The SMILES string of the molecule is COC[C@@H]1CCCN1/N=C\[C@H](CC(=O)c1ccccc1)c1ccccc1. The summed E-state index contributed by atoms with van der Waals surface area (Å²) in [5, 5.41) is 6.83. The van der Waals surface area contributed by atoms with Crippen molar-refractivity contribution in [2.75, 3.05) is 20.3 Å². The Bertz CT molecular complexity index is 715. The second-order valence-corrected chi connectivity index (χ2v) is 6.69. The van der Waals surface area contributed by atoms with Gasteiger partial charge in [0.25, 0.3) is 0 Å². The van der Waals surface area contributed by atoms with E-state index in [1.807, 2.05) is 54.7 Å². The van der Waals surface area contributed by atoms with Crippen LogP contribution in [0.5, 0.6) is 0 Å². The van der Waals surface area contributed by atoms with Crippen LogP contribution in [0.25, 0.3) is 0 Å². The van der Waals surface area contributed by atoms with E-state index in [1.165, 1.54) is 0 Å². The molecule has 0 aliphatic carbocycles. The average molecular weight is 350 g/mol. The fraction of sp³-hybridized carbons (Fsp3) is 0.364. The monoisotopic (exact) mass is 350 g/mol. The molecule has 0 spiro atoms. The zero-order valence-electron chi connectivity index (χ0n) is 15.3. The normalized spacial score (nSPS) is 18.3. The van der Waals surface area contributed by atoms with Crippen LogP contribution in [0.15, 0.2) is 65.8 Å². The summed E-state index contributed by atoms with van der Waals surface area (Å²) in [6.07, 6.45) is 4.58. The van der Waals surface area contributed by atoms with Gasteiger partial charge in [-0.3, -0.25) is 9.80 Å². The van der Waals surface area contributed by atoms with Crippen LogP contribution < -0.4 is 0 Å². The molecule has 1 aliphatic heterocycles. The van der Waals surface area contributed by atoms with Crippen molar-refractivity contribution in [1.29, 1.82) is 0 Å². The Balaban J connectivity index is 1.76. The van der Waals surface area contributed by atoms with Gasteiger partial charge in [-0.25, -0.2) is 0 Å². The molecule has 0 amide bonds. The summed E-state index contributed by atoms with van der Waals surface area (Å²) in [5.41, 5.74) is 1.86. The average Bonchev–Trinajstić information content (AvgIpc) is 3.14. The zero-order valence-corrected chi connectivity index (χ0v) is 15.3. The lowest BCUT2D eigenvalue weighted by Gasteiger charge is -2.21. The lowest BCUT2D eigenvalue weighted by Crippen LogP contribution is -2.28. The lowest BCUT2D eigenvalue weighted by molar-refractivity contribution is 0.0979. The maximum atomic E-state index is 12.7. The van der Waals surface area contributed by atoms with Crippen molar-refractivity contribution in [3.8, 4) is 0 Å². The van der Waals surface area contributed by atoms with E-state index in [0.717, 1.165) is 30.5 Å². The molecule has 0 aromatic heterocycles. The highest BCUT2D eigenvalue weighted by Crippen LogP contribution is 2.22. The molecule has 26 heavy (non-hydrogen) atoms. The van der Waals surface area contributed by atoms with Crippen molar-refractivity contribution in [3.63, 3.8) is 0 Å². The van der Waals surface area contributed by atoms with E-state index in [1.54, 1.807) is 7.11 Å². The summed E-state index contributed by atoms with van der Waals surface area (Å²) in [6.45, 7) is 1.63. The van der Waals surface area contributed by atoms with Crippen molar-refractivity contribution in [3.05, 3.63) is 71.8 Å². The largest absolute Gasteiger partial charge is 0.382 e. The summed E-state index contributed by atoms with van der Waals surface area (Å²) in [5.74, 6) is 0.105. The predicted octanol–water partition coefficient (Wildman–Crippen LogP) is 4.14. The molecule has 0 N–H and O–H groups in total. The third kappa shape index (κ3) is 4.79. The smallest absolute Gasteiger partial charge is 0.163 e. The second-order valence-electron chi connectivity index (χ2n) is 6.69. The van der Waals surface area contributed by atoms with Gasteiger partial charge in [0.15, 0.2) is 5.78 Å². The highest BCUT2D eigenvalue weighted by molar-refractivity contribution is 5.98. The van der Waals surface area contributed by atoms with E-state index in [2.05, 4.69) is 17.1 Å². The van der Waals surface area contributed by atoms with Crippen LogP contribution in [0.1, 0.15) is 41.1 Å². The molecule has 2 aromatic rings. The first-order valence-electron chi connectivity index (χ1n) is 9.21. The molecule has 4 heteroatoms. The number of hydrogen-bond donors (Lipinski definition) is 0. The number of nitrogens with zero attached hydrogens (tertiary/aromatic N) is 2. The first-order chi connectivity index (χ1) is 12.8. The van der Waals surface area contributed by atoms with Gasteiger partial charge >= 0.3 is 0 Å². The topological polar surface area (TPSA) is 41.9 Å². The quantitative estimate of drug-likeness (QED) is 0.531. The van der Waals surface area contributed by atoms with Gasteiger partial charge in [-0.15, -0.1) is 0 Å². The second kappa shape index (κ2) is 9.30. The highest BCUT2D eigenvalue weighted by atomic mass is 16.5. The maximum absolute atomic E-state index is 12.7. The number of Topliss-reactive ketones (excluding diaryl/α,β-unsaturated/α-hetero) is 1. The van der Waals surface area contributed by atoms with Crippen LogP contribution in [0.3, 0.4) is 0 Å². The predicted molar refractivity (Wildman–Crippen MR) is 105 cm³/mol. The van der Waals surface area contributed by atoms with Gasteiger partial charge in [0.1, 0.15) is 0 Å². The van der Waals surface area contributed by atoms with Crippen molar-refractivity contribution in [1.82, 2.24) is 5.01 Å². The fourth-order valence-corrected chi connectivity index (χ4v) is 3.40. The van der Waals surface area contributed by atoms with Crippen LogP contribution in [-0.4, -0.2) is 43.3 Å². The van der Waals surface area contributed by atoms with Crippen molar-refractivity contribution < 1.29 is 9.53 Å². The molecule has 1 heterocycles. The van der Waals surface area contributed by atoms with E-state index in [-0.39, 0.29) is 11.7 Å². The minimum atomic E-state index is -0.0345. The van der Waals surface area contributed by atoms with E-state index in [4.69, 9.17) is 9.84 Å². The minimum Gasteiger partial charge on any atom is -0.382 e. The molecule has 0 saturated carbocycles. The zero-order chi connectivity index (χ0) is 18.2. The number of carbonyl (C=O) groups is 1. The number of methoxy groups -OCH3 is 1. The first kappa shape index (κ1) is 18.3. The third-order valence-corrected chi connectivity index (χ3v) is 4.83. The number of ketones is 1. The first-order valence-corrected chi connectivity index (χ1v) is 9.21. The van der Waals surface area contributed by atoms with Gasteiger partial charge in [-0.05, 0) is 18.4 Å². The fourth-order valence-electron chi connectivity index (χ4n) is 3.40. The summed E-state index contributed by atoms with van der Waals surface area (Å²) >= 11 is 0. The molecule has 2 atom stereocenters. The number of carbonyl (C=O) groups excluding carboxylic acids is 1. The number of ether oxygens (including phenoxy) is 1. The molecule has 0 radical (unpaired) electrons. The highest BCUT2D eigenvalue weighted by Gasteiger charge is 2.23. The molecular weight excluding hydrogens is 324 g/mol. The molecule has 4 nitrogen and oxygen atoms in total. The Hall–Kier alpha value is -2.46. The van der Waals surface area contributed by atoms with Gasteiger partial charge in [0, 0.05) is 37.8 Å². The van der Waals surface area contributed by atoms with Gasteiger partial charge in [-0.1, -0.05) is 60.7 Å². The Morgan fingerprint density at radius 1 is 1.19 bits per heavy atom. The molecule has 1 fully saturated rings. The molecule has 3 rings (SSSR count). The van der Waals surface area contributed by atoms with Crippen LogP contribution in [-0.2, 0) is 4.74 Å². The molecule has 0 bridgehead atoms. The standard InChI is InChI=1S/C22H26N2O2/c1-26-17-21-13-8-14-24(21)23-16-20(18-9-4-2-5-10-18)15-22(25)19-11-6-3-7-12-19/h2-7,9-12,16,20-21H,8,13-15,17H2,1H3/b23-16-/t20-,21-/m0/s1. The maximum Gasteiger partial charge on any atom is 0.163 e. The summed E-state index contributed by atoms with van der Waals surface area (Å²) in [7, 11) is 1.73. The minimum absolute atomic E-state index is 0.0345. The Labute approximate surface area is 155 Å². The van der Waals surface area contributed by atoms with Gasteiger partial charge in [0.2, 0.25) is 0 Å². The van der Waals surface area contributed by atoms with E-state index in [0.29, 0.717) is 19.1 Å².